The second kappa shape index (κ2) is 5.68. The molecular formula is C17H14ClNO4. The average Bonchev–Trinajstić information content (AvgIpc) is 2.80. The first kappa shape index (κ1) is 15.5. The normalized spacial score (nSPS) is 19.2. The standard InChI is InChI=1S/C17H14ClNO4/c1-23-14-8-3-2-5-10(14)13(20)9-17(22)11-6-4-7-12(18)15(11)19-16(17)21/h2-8,22H,9H2,1H3,(H,19,21)/t17-/m0/s1. The number of ether oxygens (including phenoxy) is 1. The second-order valence-corrected chi connectivity index (χ2v) is 5.68. The summed E-state index contributed by atoms with van der Waals surface area (Å²) in [5.74, 6) is -0.664. The van der Waals surface area contributed by atoms with Gasteiger partial charge in [0.05, 0.1) is 29.8 Å². The summed E-state index contributed by atoms with van der Waals surface area (Å²) in [6.45, 7) is 0. The summed E-state index contributed by atoms with van der Waals surface area (Å²) in [5, 5.41) is 13.7. The van der Waals surface area contributed by atoms with Crippen LogP contribution in [0.2, 0.25) is 5.02 Å². The first-order chi connectivity index (χ1) is 11.0. The number of nitrogens with one attached hydrogen (secondary N) is 1. The maximum atomic E-state index is 12.6. The van der Waals surface area contributed by atoms with Gasteiger partial charge in [0, 0.05) is 5.56 Å². The van der Waals surface area contributed by atoms with E-state index < -0.39 is 23.7 Å². The number of para-hydroxylation sites is 2. The number of carbonyl (C=O) groups excluding carboxylic acids is 2. The van der Waals surface area contributed by atoms with Crippen molar-refractivity contribution in [2.24, 2.45) is 0 Å². The van der Waals surface area contributed by atoms with Crippen LogP contribution in [0.4, 0.5) is 5.69 Å². The van der Waals surface area contributed by atoms with Crippen molar-refractivity contribution in [3.63, 3.8) is 0 Å². The molecule has 0 spiro atoms. The number of aliphatic hydroxyl groups is 1. The summed E-state index contributed by atoms with van der Waals surface area (Å²) in [6, 6.07) is 11.5. The lowest BCUT2D eigenvalue weighted by atomic mass is 9.88. The number of hydrogen-bond donors (Lipinski definition) is 2. The van der Waals surface area contributed by atoms with Crippen LogP contribution in [-0.2, 0) is 10.4 Å². The van der Waals surface area contributed by atoms with Crippen LogP contribution in [-0.4, -0.2) is 23.9 Å². The first-order valence-corrected chi connectivity index (χ1v) is 7.34. The number of anilines is 1. The van der Waals surface area contributed by atoms with Gasteiger partial charge in [-0.3, -0.25) is 9.59 Å². The molecule has 0 bridgehead atoms. The SMILES string of the molecule is COc1ccccc1C(=O)C[C@@]1(O)C(=O)Nc2c(Cl)cccc21. The van der Waals surface area contributed by atoms with Crippen molar-refractivity contribution in [3.05, 3.63) is 58.6 Å². The topological polar surface area (TPSA) is 75.6 Å². The van der Waals surface area contributed by atoms with Crippen molar-refractivity contribution < 1.29 is 19.4 Å². The van der Waals surface area contributed by atoms with E-state index in [2.05, 4.69) is 5.32 Å². The molecule has 118 valence electrons. The molecule has 0 aromatic heterocycles. The summed E-state index contributed by atoms with van der Waals surface area (Å²) >= 11 is 6.03. The largest absolute Gasteiger partial charge is 0.496 e. The molecule has 1 amide bonds. The molecule has 0 saturated carbocycles. The Morgan fingerprint density at radius 3 is 2.74 bits per heavy atom. The predicted molar refractivity (Wildman–Crippen MR) is 85.9 cm³/mol. The number of hydrogen-bond acceptors (Lipinski definition) is 4. The van der Waals surface area contributed by atoms with Crippen LogP contribution < -0.4 is 10.1 Å². The monoisotopic (exact) mass is 331 g/mol. The number of Topliss-reactive ketones (excluding diaryl/α,β-unsaturated/α-hetero) is 1. The molecule has 23 heavy (non-hydrogen) atoms. The molecule has 1 aliphatic rings. The van der Waals surface area contributed by atoms with Crippen LogP contribution >= 0.6 is 11.6 Å². The zero-order valence-corrected chi connectivity index (χ0v) is 13.1. The quantitative estimate of drug-likeness (QED) is 0.845. The van der Waals surface area contributed by atoms with Crippen molar-refractivity contribution in [3.8, 4) is 5.75 Å². The van der Waals surface area contributed by atoms with Crippen molar-refractivity contribution >= 4 is 29.0 Å². The third-order valence-corrected chi connectivity index (χ3v) is 4.21. The van der Waals surface area contributed by atoms with Crippen LogP contribution in [0.25, 0.3) is 0 Å². The number of methoxy groups -OCH3 is 1. The van der Waals surface area contributed by atoms with Crippen LogP contribution in [0.15, 0.2) is 42.5 Å². The highest BCUT2D eigenvalue weighted by atomic mass is 35.5. The van der Waals surface area contributed by atoms with E-state index in [0.717, 1.165) is 0 Å². The van der Waals surface area contributed by atoms with E-state index in [4.69, 9.17) is 16.3 Å². The van der Waals surface area contributed by atoms with Gasteiger partial charge in [-0.05, 0) is 18.2 Å². The smallest absolute Gasteiger partial charge is 0.261 e. The molecule has 3 rings (SSSR count). The molecule has 0 saturated heterocycles. The molecule has 0 aliphatic carbocycles. The lowest BCUT2D eigenvalue weighted by Crippen LogP contribution is -2.36. The Morgan fingerprint density at radius 1 is 1.26 bits per heavy atom. The number of halogens is 1. The van der Waals surface area contributed by atoms with Gasteiger partial charge in [-0.25, -0.2) is 0 Å². The predicted octanol–water partition coefficient (Wildman–Crippen LogP) is 2.76. The van der Waals surface area contributed by atoms with Crippen LogP contribution in [0.5, 0.6) is 5.75 Å². The second-order valence-electron chi connectivity index (χ2n) is 5.28. The minimum atomic E-state index is -1.95. The fourth-order valence-electron chi connectivity index (χ4n) is 2.71. The summed E-state index contributed by atoms with van der Waals surface area (Å²) < 4.78 is 5.16. The fraction of sp³-hybridized carbons (Fsp3) is 0.176. The fourth-order valence-corrected chi connectivity index (χ4v) is 2.93. The summed E-state index contributed by atoms with van der Waals surface area (Å²) in [4.78, 5) is 24.8. The van der Waals surface area contributed by atoms with E-state index >= 15 is 0 Å². The first-order valence-electron chi connectivity index (χ1n) is 6.96. The van der Waals surface area contributed by atoms with E-state index in [1.165, 1.54) is 7.11 Å². The molecular weight excluding hydrogens is 318 g/mol. The molecule has 1 aliphatic heterocycles. The summed E-state index contributed by atoms with van der Waals surface area (Å²) in [7, 11) is 1.46. The maximum absolute atomic E-state index is 12.6. The zero-order chi connectivity index (χ0) is 16.6. The van der Waals surface area contributed by atoms with Crippen LogP contribution in [0, 0.1) is 0 Å². The van der Waals surface area contributed by atoms with Gasteiger partial charge >= 0.3 is 0 Å². The van der Waals surface area contributed by atoms with Gasteiger partial charge in [0.2, 0.25) is 0 Å². The Balaban J connectivity index is 1.98. The molecule has 1 heterocycles. The minimum absolute atomic E-state index is 0.304. The Hall–Kier alpha value is -2.37. The van der Waals surface area contributed by atoms with Crippen molar-refractivity contribution in [2.45, 2.75) is 12.0 Å². The molecule has 2 N–H and O–H groups in total. The average molecular weight is 332 g/mol. The van der Waals surface area contributed by atoms with Crippen molar-refractivity contribution in [1.82, 2.24) is 0 Å². The maximum Gasteiger partial charge on any atom is 0.261 e. The van der Waals surface area contributed by atoms with E-state index in [1.807, 2.05) is 0 Å². The highest BCUT2D eigenvalue weighted by molar-refractivity contribution is 6.34. The lowest BCUT2D eigenvalue weighted by molar-refractivity contribution is -0.133. The van der Waals surface area contributed by atoms with E-state index in [1.54, 1.807) is 42.5 Å². The molecule has 0 fully saturated rings. The molecule has 0 radical (unpaired) electrons. The van der Waals surface area contributed by atoms with Crippen LogP contribution in [0.3, 0.4) is 0 Å². The van der Waals surface area contributed by atoms with Crippen LogP contribution in [0.1, 0.15) is 22.3 Å². The third-order valence-electron chi connectivity index (χ3n) is 3.90. The number of amides is 1. The molecule has 5 nitrogen and oxygen atoms in total. The number of ketones is 1. The molecule has 2 aromatic rings. The summed E-state index contributed by atoms with van der Waals surface area (Å²) in [5.41, 5.74) is -0.988. The highest BCUT2D eigenvalue weighted by Gasteiger charge is 2.47. The van der Waals surface area contributed by atoms with Gasteiger partial charge in [-0.2, -0.15) is 0 Å². The van der Waals surface area contributed by atoms with E-state index in [0.29, 0.717) is 27.6 Å². The zero-order valence-electron chi connectivity index (χ0n) is 12.3. The molecule has 0 unspecified atom stereocenters. The molecule has 2 aromatic carbocycles. The van der Waals surface area contributed by atoms with Crippen molar-refractivity contribution in [2.75, 3.05) is 12.4 Å². The van der Waals surface area contributed by atoms with Gasteiger partial charge in [0.15, 0.2) is 11.4 Å². The third kappa shape index (κ3) is 2.48. The Kier molecular flexibility index (Phi) is 3.83. The highest BCUT2D eigenvalue weighted by Crippen LogP contribution is 2.42. The number of rotatable bonds is 4. The van der Waals surface area contributed by atoms with Crippen molar-refractivity contribution in [1.29, 1.82) is 0 Å². The minimum Gasteiger partial charge on any atom is -0.496 e. The van der Waals surface area contributed by atoms with Gasteiger partial charge in [-0.15, -0.1) is 0 Å². The Labute approximate surface area is 137 Å². The van der Waals surface area contributed by atoms with Gasteiger partial charge in [0.1, 0.15) is 5.75 Å². The Bertz CT molecular complexity index is 805. The number of fused-ring (bicyclic) bond motifs is 1. The lowest BCUT2D eigenvalue weighted by Gasteiger charge is -2.20. The van der Waals surface area contributed by atoms with Gasteiger partial charge < -0.3 is 15.2 Å². The van der Waals surface area contributed by atoms with E-state index in [9.17, 15) is 14.7 Å². The summed E-state index contributed by atoms with van der Waals surface area (Å²) in [6.07, 6.45) is -0.396. The van der Waals surface area contributed by atoms with Gasteiger partial charge in [0.25, 0.3) is 5.91 Å². The molecule has 1 atom stereocenters. The van der Waals surface area contributed by atoms with E-state index in [-0.39, 0.29) is 0 Å². The number of benzene rings is 2. The Morgan fingerprint density at radius 2 is 2.00 bits per heavy atom. The molecule has 6 heteroatoms. The van der Waals surface area contributed by atoms with Gasteiger partial charge in [-0.1, -0.05) is 35.9 Å². The number of carbonyl (C=O) groups is 2.